The number of anilines is 2. The van der Waals surface area contributed by atoms with E-state index >= 15 is 0 Å². The Morgan fingerprint density at radius 1 is 1.00 bits per heavy atom. The summed E-state index contributed by atoms with van der Waals surface area (Å²) < 4.78 is 19.4. The fourth-order valence-electron chi connectivity index (χ4n) is 4.35. The van der Waals surface area contributed by atoms with Gasteiger partial charge in [0, 0.05) is 5.70 Å². The van der Waals surface area contributed by atoms with Crippen molar-refractivity contribution in [3.05, 3.63) is 65.6 Å². The number of para-hydroxylation sites is 2. The van der Waals surface area contributed by atoms with Crippen LogP contribution in [0.4, 0.5) is 11.6 Å². The third-order valence-electron chi connectivity index (χ3n) is 6.06. The number of nitrogens with zero attached hydrogens (tertiary/aromatic N) is 3. The Balaban J connectivity index is 1.69. The number of aromatic nitrogens is 3. The molecule has 2 heterocycles. The molecule has 0 bridgehead atoms. The van der Waals surface area contributed by atoms with E-state index in [9.17, 15) is 4.79 Å². The lowest BCUT2D eigenvalue weighted by Crippen LogP contribution is -2.31. The van der Waals surface area contributed by atoms with Crippen LogP contribution in [-0.4, -0.2) is 40.5 Å². The first-order chi connectivity index (χ1) is 18.1. The first-order valence-corrected chi connectivity index (χ1v) is 12.9. The van der Waals surface area contributed by atoms with Crippen molar-refractivity contribution >= 4 is 17.5 Å². The quantitative estimate of drug-likeness (QED) is 0.310. The zero-order valence-corrected chi connectivity index (χ0v) is 21.9. The Labute approximate surface area is 217 Å². The molecule has 0 saturated heterocycles. The minimum Gasteiger partial charge on any atom is -0.492 e. The normalized spacial score (nSPS) is 14.5. The highest BCUT2D eigenvalue weighted by Gasteiger charge is 2.34. The minimum absolute atomic E-state index is 0.263. The van der Waals surface area contributed by atoms with E-state index in [0.717, 1.165) is 24.8 Å². The number of fused-ring (bicyclic) bond motifs is 1. The number of rotatable bonds is 12. The summed E-state index contributed by atoms with van der Waals surface area (Å²) in [7, 11) is 0. The molecule has 1 aliphatic heterocycles. The summed E-state index contributed by atoms with van der Waals surface area (Å²) in [5.41, 5.74) is 2.64. The molecule has 0 spiro atoms. The SMILES string of the molecule is CCCCCOc1ccc(C2C(C(=O)Nc3ccccc3OCC)=C(C)Nc3ncnn32)cc1OCC. The van der Waals surface area contributed by atoms with Crippen LogP contribution >= 0.6 is 0 Å². The van der Waals surface area contributed by atoms with Gasteiger partial charge in [-0.15, -0.1) is 0 Å². The van der Waals surface area contributed by atoms with Gasteiger partial charge in [0.05, 0.1) is 31.1 Å². The lowest BCUT2D eigenvalue weighted by Gasteiger charge is -2.29. The van der Waals surface area contributed by atoms with E-state index < -0.39 is 6.04 Å². The predicted octanol–water partition coefficient (Wildman–Crippen LogP) is 5.57. The Bertz CT molecular complexity index is 1250. The zero-order chi connectivity index (χ0) is 26.2. The highest BCUT2D eigenvalue weighted by Crippen LogP contribution is 2.39. The summed E-state index contributed by atoms with van der Waals surface area (Å²) in [5.74, 6) is 2.23. The lowest BCUT2D eigenvalue weighted by atomic mass is 9.94. The van der Waals surface area contributed by atoms with Crippen LogP contribution in [0.3, 0.4) is 0 Å². The Morgan fingerprint density at radius 2 is 1.78 bits per heavy atom. The molecule has 1 atom stereocenters. The monoisotopic (exact) mass is 505 g/mol. The van der Waals surface area contributed by atoms with Gasteiger partial charge in [-0.3, -0.25) is 4.79 Å². The number of ether oxygens (including phenoxy) is 3. The van der Waals surface area contributed by atoms with Gasteiger partial charge in [0.1, 0.15) is 18.1 Å². The van der Waals surface area contributed by atoms with Crippen molar-refractivity contribution in [2.75, 3.05) is 30.5 Å². The highest BCUT2D eigenvalue weighted by molar-refractivity contribution is 6.06. The molecule has 0 saturated carbocycles. The minimum atomic E-state index is -0.522. The number of carbonyl (C=O) groups is 1. The van der Waals surface area contributed by atoms with Crippen molar-refractivity contribution in [3.63, 3.8) is 0 Å². The molecule has 0 fully saturated rings. The number of allylic oxidation sites excluding steroid dienone is 1. The Kier molecular flexibility index (Phi) is 8.66. The van der Waals surface area contributed by atoms with E-state index in [4.69, 9.17) is 14.2 Å². The number of benzene rings is 2. The number of nitrogens with one attached hydrogen (secondary N) is 2. The standard InChI is InChI=1S/C28H35N5O4/c1-5-8-11-16-37-23-15-14-20(17-24(23)36-7-3)26-25(19(4)31-28-29-18-30-33(26)28)27(34)32-21-12-9-10-13-22(21)35-6-2/h9-10,12-15,17-18,26H,5-8,11,16H2,1-4H3,(H,32,34)(H,29,30,31). The zero-order valence-electron chi connectivity index (χ0n) is 21.9. The molecule has 2 N–H and O–H groups in total. The second kappa shape index (κ2) is 12.3. The van der Waals surface area contributed by atoms with E-state index in [1.54, 1.807) is 4.68 Å². The van der Waals surface area contributed by atoms with E-state index in [0.29, 0.717) is 60.0 Å². The summed E-state index contributed by atoms with van der Waals surface area (Å²) in [5, 5.41) is 10.7. The van der Waals surface area contributed by atoms with Crippen molar-refractivity contribution in [1.82, 2.24) is 14.8 Å². The molecule has 196 valence electrons. The van der Waals surface area contributed by atoms with Crippen molar-refractivity contribution in [2.45, 2.75) is 53.0 Å². The van der Waals surface area contributed by atoms with Gasteiger partial charge >= 0.3 is 0 Å². The third-order valence-corrected chi connectivity index (χ3v) is 6.06. The van der Waals surface area contributed by atoms with Gasteiger partial charge in [-0.25, -0.2) is 4.68 Å². The number of hydrogen-bond donors (Lipinski definition) is 2. The van der Waals surface area contributed by atoms with Crippen LogP contribution in [0.2, 0.25) is 0 Å². The first-order valence-electron chi connectivity index (χ1n) is 12.9. The Morgan fingerprint density at radius 3 is 2.57 bits per heavy atom. The molecule has 9 heteroatoms. The summed E-state index contributed by atoms with van der Waals surface area (Å²) in [6.07, 6.45) is 4.70. The van der Waals surface area contributed by atoms with Crippen molar-refractivity contribution < 1.29 is 19.0 Å². The fraction of sp³-hybridized carbons (Fsp3) is 0.393. The second-order valence-electron chi connectivity index (χ2n) is 8.67. The van der Waals surface area contributed by atoms with E-state index in [1.165, 1.54) is 6.33 Å². The molecular formula is C28H35N5O4. The molecule has 9 nitrogen and oxygen atoms in total. The van der Waals surface area contributed by atoms with Crippen LogP contribution in [0, 0.1) is 0 Å². The maximum Gasteiger partial charge on any atom is 0.255 e. The van der Waals surface area contributed by atoms with Gasteiger partial charge in [-0.05, 0) is 57.0 Å². The van der Waals surface area contributed by atoms with Gasteiger partial charge in [0.2, 0.25) is 5.95 Å². The van der Waals surface area contributed by atoms with E-state index in [-0.39, 0.29) is 5.91 Å². The molecule has 1 amide bonds. The van der Waals surface area contributed by atoms with E-state index in [2.05, 4.69) is 27.6 Å². The molecule has 1 aromatic heterocycles. The number of amides is 1. The number of hydrogen-bond acceptors (Lipinski definition) is 7. The van der Waals surface area contributed by atoms with Crippen LogP contribution in [-0.2, 0) is 4.79 Å². The number of unbranched alkanes of at least 4 members (excludes halogenated alkanes) is 2. The largest absolute Gasteiger partial charge is 0.492 e. The highest BCUT2D eigenvalue weighted by atomic mass is 16.5. The van der Waals surface area contributed by atoms with Crippen LogP contribution in [0.5, 0.6) is 17.2 Å². The number of carbonyl (C=O) groups excluding carboxylic acids is 1. The first kappa shape index (κ1) is 26.1. The molecule has 37 heavy (non-hydrogen) atoms. The summed E-state index contributed by atoms with van der Waals surface area (Å²) >= 11 is 0. The van der Waals surface area contributed by atoms with Gasteiger partial charge in [0.15, 0.2) is 11.5 Å². The molecular weight excluding hydrogens is 470 g/mol. The molecule has 1 aliphatic rings. The summed E-state index contributed by atoms with van der Waals surface area (Å²) in [4.78, 5) is 18.1. The van der Waals surface area contributed by atoms with Crippen LogP contribution in [0.25, 0.3) is 0 Å². The van der Waals surface area contributed by atoms with Crippen molar-refractivity contribution in [1.29, 1.82) is 0 Å². The van der Waals surface area contributed by atoms with Gasteiger partial charge in [-0.1, -0.05) is 38.0 Å². The summed E-state index contributed by atoms with van der Waals surface area (Å²) in [6, 6.07) is 12.6. The van der Waals surface area contributed by atoms with Crippen molar-refractivity contribution in [3.8, 4) is 17.2 Å². The van der Waals surface area contributed by atoms with E-state index in [1.807, 2.05) is 63.2 Å². The molecule has 4 rings (SSSR count). The van der Waals surface area contributed by atoms with Gasteiger partial charge in [0.25, 0.3) is 5.91 Å². The lowest BCUT2D eigenvalue weighted by molar-refractivity contribution is -0.113. The predicted molar refractivity (Wildman–Crippen MR) is 143 cm³/mol. The Hall–Kier alpha value is -4.01. The molecule has 0 radical (unpaired) electrons. The average molecular weight is 506 g/mol. The fourth-order valence-corrected chi connectivity index (χ4v) is 4.35. The molecule has 2 aromatic carbocycles. The second-order valence-corrected chi connectivity index (χ2v) is 8.67. The van der Waals surface area contributed by atoms with Gasteiger partial charge in [-0.2, -0.15) is 10.1 Å². The molecule has 1 unspecified atom stereocenters. The molecule has 3 aromatic rings. The average Bonchev–Trinajstić information content (AvgIpc) is 3.36. The summed E-state index contributed by atoms with van der Waals surface area (Å²) in [6.45, 7) is 9.48. The van der Waals surface area contributed by atoms with Crippen LogP contribution in [0.1, 0.15) is 58.6 Å². The van der Waals surface area contributed by atoms with Crippen molar-refractivity contribution in [2.24, 2.45) is 0 Å². The van der Waals surface area contributed by atoms with Gasteiger partial charge < -0.3 is 24.8 Å². The molecule has 0 aliphatic carbocycles. The third kappa shape index (κ3) is 5.87. The topological polar surface area (TPSA) is 99.5 Å². The van der Waals surface area contributed by atoms with Crippen LogP contribution in [0.15, 0.2) is 60.1 Å². The van der Waals surface area contributed by atoms with Crippen LogP contribution < -0.4 is 24.8 Å². The maximum absolute atomic E-state index is 13.7. The smallest absolute Gasteiger partial charge is 0.255 e. The maximum atomic E-state index is 13.7.